The van der Waals surface area contributed by atoms with Crippen molar-refractivity contribution in [2.24, 2.45) is 0 Å². The predicted octanol–water partition coefficient (Wildman–Crippen LogP) is 4.56. The Bertz CT molecular complexity index is 1050. The number of halogens is 5. The van der Waals surface area contributed by atoms with Crippen molar-refractivity contribution in [3.8, 4) is 5.75 Å². The minimum atomic E-state index is -4.29. The Hall–Kier alpha value is -1.98. The van der Waals surface area contributed by atoms with Crippen LogP contribution < -0.4 is 9.46 Å². The zero-order valence-electron chi connectivity index (χ0n) is 11.8. The summed E-state index contributed by atoms with van der Waals surface area (Å²) in [6, 6.07) is 2.14. The minimum Gasteiger partial charge on any atom is -0.432 e. The van der Waals surface area contributed by atoms with Crippen LogP contribution in [0.1, 0.15) is 0 Å². The maximum absolute atomic E-state index is 13.9. The van der Waals surface area contributed by atoms with Crippen LogP contribution in [0.5, 0.6) is 5.75 Å². The van der Waals surface area contributed by atoms with E-state index in [1.165, 1.54) is 12.3 Å². The SMILES string of the molecule is O=S(=O)(Nc1cc(F)c(OC(F)F)cc1F)c1c[nH]c2sc(Cl)cc12. The summed E-state index contributed by atoms with van der Waals surface area (Å²) >= 11 is 6.91. The summed E-state index contributed by atoms with van der Waals surface area (Å²) < 4.78 is 82.6. The topological polar surface area (TPSA) is 71.2 Å². The smallest absolute Gasteiger partial charge is 0.387 e. The molecule has 0 aliphatic rings. The van der Waals surface area contributed by atoms with Crippen molar-refractivity contribution in [3.05, 3.63) is 40.4 Å². The van der Waals surface area contributed by atoms with Crippen LogP contribution in [-0.4, -0.2) is 20.0 Å². The van der Waals surface area contributed by atoms with Crippen LogP contribution in [0, 0.1) is 11.6 Å². The second-order valence-corrected chi connectivity index (χ2v) is 8.03. The third-order valence-electron chi connectivity index (χ3n) is 3.07. The zero-order chi connectivity index (χ0) is 18.4. The Morgan fingerprint density at radius 1 is 1.20 bits per heavy atom. The number of benzene rings is 1. The lowest BCUT2D eigenvalue weighted by Gasteiger charge is -2.11. The predicted molar refractivity (Wildman–Crippen MR) is 85.0 cm³/mol. The van der Waals surface area contributed by atoms with Crippen molar-refractivity contribution in [2.75, 3.05) is 4.72 Å². The summed E-state index contributed by atoms with van der Waals surface area (Å²) in [7, 11) is -4.29. The summed E-state index contributed by atoms with van der Waals surface area (Å²) in [6.07, 6.45) is 1.17. The van der Waals surface area contributed by atoms with Gasteiger partial charge in [0.25, 0.3) is 10.0 Å². The van der Waals surface area contributed by atoms with Crippen molar-refractivity contribution >= 4 is 48.9 Å². The summed E-state index contributed by atoms with van der Waals surface area (Å²) in [4.78, 5) is 2.96. The Morgan fingerprint density at radius 2 is 1.92 bits per heavy atom. The Kier molecular flexibility index (Phi) is 4.56. The molecule has 0 bridgehead atoms. The molecule has 0 aliphatic heterocycles. The lowest BCUT2D eigenvalue weighted by molar-refractivity contribution is -0.0523. The molecule has 0 aliphatic carbocycles. The Morgan fingerprint density at radius 3 is 2.60 bits per heavy atom. The molecule has 25 heavy (non-hydrogen) atoms. The van der Waals surface area contributed by atoms with Crippen molar-refractivity contribution in [2.45, 2.75) is 11.5 Å². The van der Waals surface area contributed by atoms with Gasteiger partial charge in [-0.1, -0.05) is 11.6 Å². The quantitative estimate of drug-likeness (QED) is 0.601. The van der Waals surface area contributed by atoms with Gasteiger partial charge in [-0.3, -0.25) is 4.72 Å². The monoisotopic (exact) mass is 414 g/mol. The van der Waals surface area contributed by atoms with Gasteiger partial charge in [0.1, 0.15) is 9.73 Å². The van der Waals surface area contributed by atoms with E-state index in [4.69, 9.17) is 11.6 Å². The van der Waals surface area contributed by atoms with Gasteiger partial charge in [-0.05, 0) is 6.07 Å². The van der Waals surface area contributed by atoms with Crippen LogP contribution in [-0.2, 0) is 10.0 Å². The number of hydrogen-bond acceptors (Lipinski definition) is 4. The van der Waals surface area contributed by atoms with Gasteiger partial charge in [0, 0.05) is 23.7 Å². The first-order chi connectivity index (χ1) is 11.7. The van der Waals surface area contributed by atoms with Crippen molar-refractivity contribution in [1.82, 2.24) is 4.98 Å². The average molecular weight is 415 g/mol. The highest BCUT2D eigenvalue weighted by molar-refractivity contribution is 7.93. The molecule has 5 nitrogen and oxygen atoms in total. The molecule has 134 valence electrons. The fourth-order valence-electron chi connectivity index (χ4n) is 2.08. The molecule has 2 heterocycles. The molecule has 0 saturated carbocycles. The highest BCUT2D eigenvalue weighted by atomic mass is 35.5. The van der Waals surface area contributed by atoms with Crippen LogP contribution in [0.15, 0.2) is 29.3 Å². The molecule has 3 rings (SSSR count). The Labute approximate surface area is 147 Å². The van der Waals surface area contributed by atoms with Crippen molar-refractivity contribution < 1.29 is 30.7 Å². The molecule has 2 N–H and O–H groups in total. The molecule has 1 aromatic carbocycles. The number of fused-ring (bicyclic) bond motifs is 1. The summed E-state index contributed by atoms with van der Waals surface area (Å²) in [5, 5.41) is 0.279. The third kappa shape index (κ3) is 3.53. The van der Waals surface area contributed by atoms with E-state index in [1.807, 2.05) is 4.72 Å². The zero-order valence-corrected chi connectivity index (χ0v) is 14.2. The van der Waals surface area contributed by atoms with E-state index < -0.39 is 39.7 Å². The molecule has 0 atom stereocenters. The third-order valence-corrected chi connectivity index (χ3v) is 5.67. The van der Waals surface area contributed by atoms with Gasteiger partial charge >= 0.3 is 6.61 Å². The number of sulfonamides is 1. The lowest BCUT2D eigenvalue weighted by atomic mass is 10.3. The number of aromatic amines is 1. The van der Waals surface area contributed by atoms with Crippen molar-refractivity contribution in [3.63, 3.8) is 0 Å². The van der Waals surface area contributed by atoms with E-state index in [0.29, 0.717) is 21.3 Å². The summed E-state index contributed by atoms with van der Waals surface area (Å²) in [6.45, 7) is -3.35. The van der Waals surface area contributed by atoms with Crippen LogP contribution in [0.25, 0.3) is 10.2 Å². The van der Waals surface area contributed by atoms with Gasteiger partial charge in [0.05, 0.1) is 10.0 Å². The van der Waals surface area contributed by atoms with Crippen LogP contribution >= 0.6 is 22.9 Å². The number of H-pyrrole nitrogens is 1. The fraction of sp³-hybridized carbons (Fsp3) is 0.0769. The van der Waals surface area contributed by atoms with Gasteiger partial charge in [-0.2, -0.15) is 8.78 Å². The van der Waals surface area contributed by atoms with Gasteiger partial charge < -0.3 is 9.72 Å². The van der Waals surface area contributed by atoms with Gasteiger partial charge in [0.2, 0.25) is 0 Å². The van der Waals surface area contributed by atoms with Gasteiger partial charge in [-0.25, -0.2) is 17.2 Å². The van der Waals surface area contributed by atoms with E-state index >= 15 is 0 Å². The number of alkyl halides is 2. The molecule has 0 spiro atoms. The molecular weight excluding hydrogens is 408 g/mol. The maximum Gasteiger partial charge on any atom is 0.387 e. The molecule has 0 amide bonds. The van der Waals surface area contributed by atoms with Crippen LogP contribution in [0.3, 0.4) is 0 Å². The fourth-order valence-corrected chi connectivity index (χ4v) is 4.47. The van der Waals surface area contributed by atoms with E-state index in [2.05, 4.69) is 9.72 Å². The van der Waals surface area contributed by atoms with Crippen LogP contribution in [0.2, 0.25) is 4.34 Å². The number of rotatable bonds is 5. The molecule has 2 aromatic heterocycles. The molecule has 3 aromatic rings. The standard InChI is InChI=1S/C13H7ClF4N2O3S2/c14-11-1-5-10(4-19-12(5)24-11)25(21,22)20-8-2-7(16)9(3-6(8)15)23-13(17)18/h1-4,13,19-20H. The number of hydrogen-bond donors (Lipinski definition) is 2. The number of thiophene rings is 1. The average Bonchev–Trinajstić information content (AvgIpc) is 3.02. The second-order valence-electron chi connectivity index (χ2n) is 4.69. The Balaban J connectivity index is 1.97. The van der Waals surface area contributed by atoms with E-state index in [1.54, 1.807) is 0 Å². The van der Waals surface area contributed by atoms with E-state index in [0.717, 1.165) is 11.3 Å². The summed E-state index contributed by atoms with van der Waals surface area (Å²) in [5.41, 5.74) is -0.755. The molecule has 0 saturated heterocycles. The molecule has 12 heteroatoms. The second kappa shape index (κ2) is 6.39. The molecule has 0 radical (unpaired) electrons. The number of nitrogens with one attached hydrogen (secondary N) is 2. The first-order valence-corrected chi connectivity index (χ1v) is 9.08. The van der Waals surface area contributed by atoms with E-state index in [9.17, 15) is 26.0 Å². The largest absolute Gasteiger partial charge is 0.432 e. The van der Waals surface area contributed by atoms with Gasteiger partial charge in [-0.15, -0.1) is 11.3 Å². The molecule has 0 fully saturated rings. The minimum absolute atomic E-state index is 0.224. The first-order valence-electron chi connectivity index (χ1n) is 6.40. The molecule has 0 unspecified atom stereocenters. The maximum atomic E-state index is 13.9. The number of aromatic nitrogens is 1. The van der Waals surface area contributed by atoms with Gasteiger partial charge in [0.15, 0.2) is 17.4 Å². The molecular formula is C13H7ClF4N2O3S2. The normalized spacial score (nSPS) is 12.1. The summed E-state index contributed by atoms with van der Waals surface area (Å²) in [5.74, 6) is -3.67. The number of anilines is 1. The first kappa shape index (κ1) is 17.8. The highest BCUT2D eigenvalue weighted by Crippen LogP contribution is 2.34. The lowest BCUT2D eigenvalue weighted by Crippen LogP contribution is -2.14. The highest BCUT2D eigenvalue weighted by Gasteiger charge is 2.23. The van der Waals surface area contributed by atoms with Crippen molar-refractivity contribution in [1.29, 1.82) is 0 Å². The van der Waals surface area contributed by atoms with Crippen LogP contribution in [0.4, 0.5) is 23.2 Å². The number of ether oxygens (including phenoxy) is 1. The van der Waals surface area contributed by atoms with E-state index in [-0.39, 0.29) is 10.3 Å².